The summed E-state index contributed by atoms with van der Waals surface area (Å²) in [6.45, 7) is 3.33. The number of carbonyl (C=O) groups excluding carboxylic acids is 2. The molecule has 3 aromatic rings. The van der Waals surface area contributed by atoms with Gasteiger partial charge in [-0.25, -0.2) is 0 Å². The van der Waals surface area contributed by atoms with Gasteiger partial charge in [0, 0.05) is 16.1 Å². The minimum atomic E-state index is -1.16. The van der Waals surface area contributed by atoms with Gasteiger partial charge in [-0.3, -0.25) is 9.59 Å². The van der Waals surface area contributed by atoms with Crippen molar-refractivity contribution in [3.8, 4) is 5.75 Å². The second kappa shape index (κ2) is 8.28. The number of nitrogens with one attached hydrogen (secondary N) is 1. The maximum absolute atomic E-state index is 12.8. The molecule has 142 valence electrons. The van der Waals surface area contributed by atoms with E-state index in [1.165, 1.54) is 0 Å². The van der Waals surface area contributed by atoms with E-state index < -0.39 is 5.60 Å². The van der Waals surface area contributed by atoms with Gasteiger partial charge in [-0.1, -0.05) is 54.1 Å². The zero-order valence-electron chi connectivity index (χ0n) is 15.6. The van der Waals surface area contributed by atoms with E-state index in [-0.39, 0.29) is 11.7 Å². The minimum Gasteiger partial charge on any atom is -0.478 e. The van der Waals surface area contributed by atoms with Crippen molar-refractivity contribution in [3.05, 3.63) is 95.0 Å². The van der Waals surface area contributed by atoms with E-state index >= 15 is 0 Å². The van der Waals surface area contributed by atoms with Gasteiger partial charge in [0.15, 0.2) is 11.4 Å². The Bertz CT molecular complexity index is 982. The fraction of sp³-hybridized carbons (Fsp3) is 0.130. The number of para-hydroxylation sites is 1. The average Bonchev–Trinajstić information content (AvgIpc) is 2.70. The third-order valence-corrected chi connectivity index (χ3v) is 4.44. The maximum Gasteiger partial charge on any atom is 0.267 e. The normalized spacial score (nSPS) is 11.0. The molecule has 3 rings (SSSR count). The molecule has 0 aliphatic carbocycles. The number of benzene rings is 3. The van der Waals surface area contributed by atoms with Crippen LogP contribution < -0.4 is 10.1 Å². The quantitative estimate of drug-likeness (QED) is 0.573. The van der Waals surface area contributed by atoms with Gasteiger partial charge in [-0.05, 0) is 50.2 Å². The number of hydrogen-bond donors (Lipinski definition) is 1. The SMILES string of the molecule is CC(C)(Oc1ccc(Cl)cc1)C(=O)Nc1ccccc1C(=O)c1ccccc1. The van der Waals surface area contributed by atoms with Crippen molar-refractivity contribution in [3.63, 3.8) is 0 Å². The predicted octanol–water partition coefficient (Wildman–Crippen LogP) is 5.37. The summed E-state index contributed by atoms with van der Waals surface area (Å²) in [6.07, 6.45) is 0. The smallest absolute Gasteiger partial charge is 0.267 e. The van der Waals surface area contributed by atoms with Gasteiger partial charge in [-0.2, -0.15) is 0 Å². The maximum atomic E-state index is 12.8. The summed E-state index contributed by atoms with van der Waals surface area (Å²) < 4.78 is 5.82. The number of carbonyl (C=O) groups is 2. The first kappa shape index (κ1) is 19.6. The first-order chi connectivity index (χ1) is 13.4. The summed E-state index contributed by atoms with van der Waals surface area (Å²) in [6, 6.07) is 22.7. The van der Waals surface area contributed by atoms with E-state index in [0.29, 0.717) is 27.6 Å². The Kier molecular flexibility index (Phi) is 5.81. The number of ketones is 1. The Hall–Kier alpha value is -3.11. The molecule has 4 nitrogen and oxygen atoms in total. The number of halogens is 1. The largest absolute Gasteiger partial charge is 0.478 e. The van der Waals surface area contributed by atoms with Crippen LogP contribution in [0.15, 0.2) is 78.9 Å². The average molecular weight is 394 g/mol. The molecule has 3 aromatic carbocycles. The zero-order valence-corrected chi connectivity index (χ0v) is 16.4. The molecule has 0 saturated heterocycles. The van der Waals surface area contributed by atoms with Crippen LogP contribution in [0.25, 0.3) is 0 Å². The van der Waals surface area contributed by atoms with Crippen molar-refractivity contribution in [1.29, 1.82) is 0 Å². The Balaban J connectivity index is 1.80. The summed E-state index contributed by atoms with van der Waals surface area (Å²) >= 11 is 5.88. The van der Waals surface area contributed by atoms with E-state index in [2.05, 4.69) is 5.32 Å². The molecule has 0 bridgehead atoms. The molecule has 0 saturated carbocycles. The summed E-state index contributed by atoms with van der Waals surface area (Å²) in [4.78, 5) is 25.7. The van der Waals surface area contributed by atoms with E-state index in [9.17, 15) is 9.59 Å². The predicted molar refractivity (Wildman–Crippen MR) is 111 cm³/mol. The lowest BCUT2D eigenvalue weighted by atomic mass is 10.0. The van der Waals surface area contributed by atoms with Crippen LogP contribution >= 0.6 is 11.6 Å². The first-order valence-corrected chi connectivity index (χ1v) is 9.19. The van der Waals surface area contributed by atoms with Crippen molar-refractivity contribution in [2.75, 3.05) is 5.32 Å². The van der Waals surface area contributed by atoms with Crippen molar-refractivity contribution >= 4 is 29.0 Å². The first-order valence-electron chi connectivity index (χ1n) is 8.81. The molecule has 0 fully saturated rings. The van der Waals surface area contributed by atoms with Crippen LogP contribution in [0, 0.1) is 0 Å². The van der Waals surface area contributed by atoms with Gasteiger partial charge in [0.1, 0.15) is 5.75 Å². The molecule has 1 N–H and O–H groups in total. The van der Waals surface area contributed by atoms with Gasteiger partial charge in [0.25, 0.3) is 5.91 Å². The molecular weight excluding hydrogens is 374 g/mol. The van der Waals surface area contributed by atoms with Gasteiger partial charge in [0.05, 0.1) is 5.69 Å². The molecule has 0 aromatic heterocycles. The molecule has 0 aliphatic rings. The zero-order chi connectivity index (χ0) is 20.1. The summed E-state index contributed by atoms with van der Waals surface area (Å²) in [7, 11) is 0. The second-order valence-electron chi connectivity index (χ2n) is 6.76. The monoisotopic (exact) mass is 393 g/mol. The number of ether oxygens (including phenoxy) is 1. The fourth-order valence-corrected chi connectivity index (χ4v) is 2.78. The van der Waals surface area contributed by atoms with Crippen LogP contribution in [-0.4, -0.2) is 17.3 Å². The van der Waals surface area contributed by atoms with Crippen molar-refractivity contribution in [1.82, 2.24) is 0 Å². The molecular formula is C23H20ClNO3. The molecule has 0 heterocycles. The van der Waals surface area contributed by atoms with E-state index in [4.69, 9.17) is 16.3 Å². The molecule has 0 radical (unpaired) electrons. The van der Waals surface area contributed by atoms with Crippen LogP contribution in [0.2, 0.25) is 5.02 Å². The lowest BCUT2D eigenvalue weighted by molar-refractivity contribution is -0.128. The van der Waals surface area contributed by atoms with Crippen molar-refractivity contribution < 1.29 is 14.3 Å². The summed E-state index contributed by atoms with van der Waals surface area (Å²) in [5, 5.41) is 3.41. The number of amides is 1. The van der Waals surface area contributed by atoms with E-state index in [0.717, 1.165) is 0 Å². The Labute approximate surface area is 169 Å². The Morgan fingerprint density at radius 3 is 2.14 bits per heavy atom. The standard InChI is InChI=1S/C23H20ClNO3/c1-23(2,28-18-14-12-17(24)13-15-18)22(27)25-20-11-7-6-10-19(20)21(26)16-8-4-3-5-9-16/h3-15H,1-2H3,(H,25,27). The second-order valence-corrected chi connectivity index (χ2v) is 7.20. The highest BCUT2D eigenvalue weighted by Gasteiger charge is 2.31. The third kappa shape index (κ3) is 4.59. The Morgan fingerprint density at radius 1 is 0.857 bits per heavy atom. The number of rotatable bonds is 6. The molecule has 0 atom stereocenters. The van der Waals surface area contributed by atoms with Gasteiger partial charge < -0.3 is 10.1 Å². The summed E-state index contributed by atoms with van der Waals surface area (Å²) in [5.74, 6) is 0.00174. The van der Waals surface area contributed by atoms with Gasteiger partial charge in [0.2, 0.25) is 0 Å². The highest BCUT2D eigenvalue weighted by molar-refractivity contribution is 6.30. The van der Waals surface area contributed by atoms with Gasteiger partial charge >= 0.3 is 0 Å². The van der Waals surface area contributed by atoms with Crippen LogP contribution in [0.1, 0.15) is 29.8 Å². The highest BCUT2D eigenvalue weighted by Crippen LogP contribution is 2.24. The van der Waals surface area contributed by atoms with Crippen LogP contribution in [0.4, 0.5) is 5.69 Å². The minimum absolute atomic E-state index is 0.159. The van der Waals surface area contributed by atoms with Crippen molar-refractivity contribution in [2.45, 2.75) is 19.4 Å². The lowest BCUT2D eigenvalue weighted by Gasteiger charge is -2.26. The van der Waals surface area contributed by atoms with Crippen LogP contribution in [0.5, 0.6) is 5.75 Å². The fourth-order valence-electron chi connectivity index (χ4n) is 2.65. The van der Waals surface area contributed by atoms with Crippen LogP contribution in [0.3, 0.4) is 0 Å². The third-order valence-electron chi connectivity index (χ3n) is 4.19. The highest BCUT2D eigenvalue weighted by atomic mass is 35.5. The molecule has 0 unspecified atom stereocenters. The van der Waals surface area contributed by atoms with Crippen LogP contribution in [-0.2, 0) is 4.79 Å². The molecule has 28 heavy (non-hydrogen) atoms. The Morgan fingerprint density at radius 2 is 1.46 bits per heavy atom. The lowest BCUT2D eigenvalue weighted by Crippen LogP contribution is -2.42. The summed E-state index contributed by atoms with van der Waals surface area (Å²) in [5.41, 5.74) is 0.260. The topological polar surface area (TPSA) is 55.4 Å². The van der Waals surface area contributed by atoms with E-state index in [1.54, 1.807) is 86.6 Å². The molecule has 0 spiro atoms. The van der Waals surface area contributed by atoms with Crippen molar-refractivity contribution in [2.24, 2.45) is 0 Å². The molecule has 5 heteroatoms. The number of anilines is 1. The molecule has 1 amide bonds. The molecule has 0 aliphatic heterocycles. The number of hydrogen-bond acceptors (Lipinski definition) is 3. The van der Waals surface area contributed by atoms with Gasteiger partial charge in [-0.15, -0.1) is 0 Å². The van der Waals surface area contributed by atoms with E-state index in [1.807, 2.05) is 6.07 Å².